The average Bonchev–Trinajstić information content (AvgIpc) is 2.88. The number of hydrogen-bond donors (Lipinski definition) is 1. The van der Waals surface area contributed by atoms with E-state index in [-0.39, 0.29) is 12.3 Å². The first-order chi connectivity index (χ1) is 9.60. The van der Waals surface area contributed by atoms with E-state index < -0.39 is 12.5 Å². The standard InChI is InChI=1S/C13H14F2N2O2S/c1-2-20-9-5-3-8(4-6-9)13-16-11(19-17-13)7-10(18)12(14)15/h3-6,10,12,18H,2,7H2,1H3. The van der Waals surface area contributed by atoms with Gasteiger partial charge in [-0.05, 0) is 30.0 Å². The quantitative estimate of drug-likeness (QED) is 0.831. The molecule has 0 fully saturated rings. The molecule has 1 atom stereocenters. The predicted molar refractivity (Wildman–Crippen MR) is 71.8 cm³/mol. The summed E-state index contributed by atoms with van der Waals surface area (Å²) in [5.41, 5.74) is 0.743. The molecular formula is C13H14F2N2O2S. The minimum absolute atomic E-state index is 0.000176. The van der Waals surface area contributed by atoms with Crippen LogP contribution in [0.15, 0.2) is 33.7 Å². The van der Waals surface area contributed by atoms with Crippen molar-refractivity contribution >= 4 is 11.8 Å². The second-order valence-electron chi connectivity index (χ2n) is 4.08. The van der Waals surface area contributed by atoms with Gasteiger partial charge in [-0.2, -0.15) is 4.98 Å². The van der Waals surface area contributed by atoms with Crippen LogP contribution in [0.2, 0.25) is 0 Å². The first-order valence-corrected chi connectivity index (χ1v) is 7.10. The number of nitrogens with zero attached hydrogens (tertiary/aromatic N) is 2. The predicted octanol–water partition coefficient (Wildman–Crippen LogP) is 3.02. The fourth-order valence-corrected chi connectivity index (χ4v) is 2.25. The van der Waals surface area contributed by atoms with Crippen molar-refractivity contribution in [2.75, 3.05) is 5.75 Å². The number of alkyl halides is 2. The number of halogens is 2. The van der Waals surface area contributed by atoms with E-state index in [0.717, 1.165) is 16.2 Å². The molecule has 108 valence electrons. The van der Waals surface area contributed by atoms with Crippen LogP contribution in [-0.4, -0.2) is 33.5 Å². The zero-order chi connectivity index (χ0) is 14.5. The second kappa shape index (κ2) is 6.81. The van der Waals surface area contributed by atoms with Crippen molar-refractivity contribution in [3.63, 3.8) is 0 Å². The molecule has 0 saturated heterocycles. The fourth-order valence-electron chi connectivity index (χ4n) is 1.59. The number of aromatic nitrogens is 2. The van der Waals surface area contributed by atoms with Crippen molar-refractivity contribution in [1.29, 1.82) is 0 Å². The van der Waals surface area contributed by atoms with Crippen LogP contribution in [0.4, 0.5) is 8.78 Å². The molecule has 0 aliphatic carbocycles. The normalized spacial score (nSPS) is 12.8. The Bertz CT molecular complexity index is 546. The van der Waals surface area contributed by atoms with Gasteiger partial charge in [0.2, 0.25) is 11.7 Å². The van der Waals surface area contributed by atoms with E-state index in [1.54, 1.807) is 11.8 Å². The van der Waals surface area contributed by atoms with Crippen LogP contribution < -0.4 is 0 Å². The maximum absolute atomic E-state index is 12.2. The Hall–Kier alpha value is -1.47. The van der Waals surface area contributed by atoms with Crippen molar-refractivity contribution in [3.8, 4) is 11.4 Å². The topological polar surface area (TPSA) is 59.2 Å². The maximum Gasteiger partial charge on any atom is 0.264 e. The Morgan fingerprint density at radius 1 is 1.30 bits per heavy atom. The summed E-state index contributed by atoms with van der Waals surface area (Å²) < 4.78 is 29.3. The van der Waals surface area contributed by atoms with Crippen LogP contribution in [-0.2, 0) is 6.42 Å². The van der Waals surface area contributed by atoms with Gasteiger partial charge in [0.05, 0.1) is 6.42 Å². The highest BCUT2D eigenvalue weighted by Crippen LogP contribution is 2.22. The van der Waals surface area contributed by atoms with Crippen molar-refractivity contribution in [2.45, 2.75) is 30.8 Å². The number of benzene rings is 1. The zero-order valence-corrected chi connectivity index (χ0v) is 11.6. The lowest BCUT2D eigenvalue weighted by Gasteiger charge is -2.04. The molecule has 1 N–H and O–H groups in total. The van der Waals surface area contributed by atoms with Gasteiger partial charge < -0.3 is 9.63 Å². The summed E-state index contributed by atoms with van der Waals surface area (Å²) in [5, 5.41) is 12.8. The van der Waals surface area contributed by atoms with Gasteiger partial charge in [0.25, 0.3) is 6.43 Å². The molecule has 2 rings (SSSR count). The fraction of sp³-hybridized carbons (Fsp3) is 0.385. The van der Waals surface area contributed by atoms with E-state index in [9.17, 15) is 8.78 Å². The van der Waals surface area contributed by atoms with Gasteiger partial charge in [-0.1, -0.05) is 12.1 Å². The molecular weight excluding hydrogens is 286 g/mol. The highest BCUT2D eigenvalue weighted by atomic mass is 32.2. The SMILES string of the molecule is CCSc1ccc(-c2noc(CC(O)C(F)F)n2)cc1. The summed E-state index contributed by atoms with van der Waals surface area (Å²) in [5.74, 6) is 1.31. The molecule has 0 amide bonds. The number of thioether (sulfide) groups is 1. The van der Waals surface area contributed by atoms with E-state index >= 15 is 0 Å². The summed E-state index contributed by atoms with van der Waals surface area (Å²) in [6.45, 7) is 2.07. The molecule has 0 radical (unpaired) electrons. The Morgan fingerprint density at radius 3 is 2.60 bits per heavy atom. The van der Waals surface area contributed by atoms with Crippen molar-refractivity contribution in [3.05, 3.63) is 30.2 Å². The van der Waals surface area contributed by atoms with Crippen LogP contribution in [0.5, 0.6) is 0 Å². The Kier molecular flexibility index (Phi) is 5.08. The minimum atomic E-state index is -2.82. The van der Waals surface area contributed by atoms with Gasteiger partial charge in [0, 0.05) is 10.5 Å². The third kappa shape index (κ3) is 3.77. The number of aliphatic hydroxyl groups is 1. The largest absolute Gasteiger partial charge is 0.387 e. The van der Waals surface area contributed by atoms with Gasteiger partial charge in [-0.3, -0.25) is 0 Å². The molecule has 7 heteroatoms. The van der Waals surface area contributed by atoms with E-state index in [4.69, 9.17) is 9.63 Å². The summed E-state index contributed by atoms with van der Waals surface area (Å²) >= 11 is 1.72. The van der Waals surface area contributed by atoms with Crippen molar-refractivity contribution in [2.24, 2.45) is 0 Å². The van der Waals surface area contributed by atoms with Gasteiger partial charge in [0.1, 0.15) is 6.10 Å². The van der Waals surface area contributed by atoms with Crippen LogP contribution in [0, 0.1) is 0 Å². The smallest absolute Gasteiger partial charge is 0.264 e. The third-order valence-electron chi connectivity index (χ3n) is 2.57. The van der Waals surface area contributed by atoms with Gasteiger partial charge in [0.15, 0.2) is 0 Å². The van der Waals surface area contributed by atoms with Crippen LogP contribution >= 0.6 is 11.8 Å². The number of aliphatic hydroxyl groups excluding tert-OH is 1. The average molecular weight is 300 g/mol. The molecule has 20 heavy (non-hydrogen) atoms. The van der Waals surface area contributed by atoms with Crippen molar-refractivity contribution in [1.82, 2.24) is 10.1 Å². The molecule has 1 heterocycles. The summed E-state index contributed by atoms with van der Waals surface area (Å²) in [6, 6.07) is 7.56. The lowest BCUT2D eigenvalue weighted by molar-refractivity contribution is -0.00754. The summed E-state index contributed by atoms with van der Waals surface area (Å²) in [7, 11) is 0. The maximum atomic E-state index is 12.2. The second-order valence-corrected chi connectivity index (χ2v) is 5.41. The minimum Gasteiger partial charge on any atom is -0.387 e. The van der Waals surface area contributed by atoms with E-state index in [1.807, 2.05) is 24.3 Å². The van der Waals surface area contributed by atoms with Gasteiger partial charge in [-0.25, -0.2) is 8.78 Å². The Morgan fingerprint density at radius 2 is 2.00 bits per heavy atom. The molecule has 0 bridgehead atoms. The lowest BCUT2D eigenvalue weighted by Crippen LogP contribution is -2.20. The van der Waals surface area contributed by atoms with Crippen LogP contribution in [0.25, 0.3) is 11.4 Å². The number of rotatable bonds is 6. The first-order valence-electron chi connectivity index (χ1n) is 6.12. The molecule has 1 aromatic heterocycles. The monoisotopic (exact) mass is 300 g/mol. The first kappa shape index (κ1) is 14.9. The van der Waals surface area contributed by atoms with E-state index in [0.29, 0.717) is 5.82 Å². The zero-order valence-electron chi connectivity index (χ0n) is 10.8. The molecule has 2 aromatic rings. The molecule has 1 unspecified atom stereocenters. The van der Waals surface area contributed by atoms with E-state index in [2.05, 4.69) is 17.1 Å². The summed E-state index contributed by atoms with van der Waals surface area (Å²) in [6.07, 6.45) is -4.96. The molecule has 0 aliphatic heterocycles. The Balaban J connectivity index is 2.08. The van der Waals surface area contributed by atoms with Gasteiger partial charge in [-0.15, -0.1) is 11.8 Å². The highest BCUT2D eigenvalue weighted by Gasteiger charge is 2.21. The van der Waals surface area contributed by atoms with E-state index in [1.165, 1.54) is 0 Å². The molecule has 1 aromatic carbocycles. The third-order valence-corrected chi connectivity index (χ3v) is 3.46. The Labute approximate surface area is 119 Å². The molecule has 0 aliphatic rings. The summed E-state index contributed by atoms with van der Waals surface area (Å²) in [4.78, 5) is 5.13. The molecule has 0 spiro atoms. The number of hydrogen-bond acceptors (Lipinski definition) is 5. The van der Waals surface area contributed by atoms with Crippen molar-refractivity contribution < 1.29 is 18.4 Å². The lowest BCUT2D eigenvalue weighted by atomic mass is 10.2. The van der Waals surface area contributed by atoms with Crippen LogP contribution in [0.1, 0.15) is 12.8 Å². The van der Waals surface area contributed by atoms with Crippen LogP contribution in [0.3, 0.4) is 0 Å². The molecule has 4 nitrogen and oxygen atoms in total. The highest BCUT2D eigenvalue weighted by molar-refractivity contribution is 7.99. The van der Waals surface area contributed by atoms with Gasteiger partial charge >= 0.3 is 0 Å². The molecule has 0 saturated carbocycles.